The molecular formula is C16H24N4O3. The fourth-order valence-electron chi connectivity index (χ4n) is 2.45. The summed E-state index contributed by atoms with van der Waals surface area (Å²) in [6, 6.07) is 2.76. The van der Waals surface area contributed by atoms with E-state index < -0.39 is 17.7 Å². The largest absolute Gasteiger partial charge is 0.444 e. The van der Waals surface area contributed by atoms with Crippen LogP contribution in [0.15, 0.2) is 18.3 Å². The second-order valence-electron chi connectivity index (χ2n) is 6.65. The molecule has 7 nitrogen and oxygen atoms in total. The summed E-state index contributed by atoms with van der Waals surface area (Å²) < 4.78 is 5.40. The lowest BCUT2D eigenvalue weighted by Crippen LogP contribution is -2.51. The number of piperidine rings is 1. The average Bonchev–Trinajstić information content (AvgIpc) is 2.48. The summed E-state index contributed by atoms with van der Waals surface area (Å²) in [4.78, 5) is 30.3. The van der Waals surface area contributed by atoms with Crippen molar-refractivity contribution in [1.82, 2.24) is 9.88 Å². The highest BCUT2D eigenvalue weighted by atomic mass is 16.6. The van der Waals surface area contributed by atoms with Gasteiger partial charge in [-0.15, -0.1) is 0 Å². The molecule has 1 fully saturated rings. The topological polar surface area (TPSA) is 97.5 Å². The smallest absolute Gasteiger partial charge is 0.410 e. The maximum atomic E-state index is 12.5. The number of likely N-dealkylation sites (tertiary alicyclic amines) is 1. The maximum absolute atomic E-state index is 12.5. The summed E-state index contributed by atoms with van der Waals surface area (Å²) in [7, 11) is 0. The van der Waals surface area contributed by atoms with Crippen molar-refractivity contribution in [3.63, 3.8) is 0 Å². The van der Waals surface area contributed by atoms with Gasteiger partial charge in [-0.05, 0) is 52.2 Å². The third kappa shape index (κ3) is 4.84. The lowest BCUT2D eigenvalue weighted by atomic mass is 10.0. The highest BCUT2D eigenvalue weighted by Crippen LogP contribution is 2.22. The molecular weight excluding hydrogens is 296 g/mol. The van der Waals surface area contributed by atoms with E-state index in [1.807, 2.05) is 20.8 Å². The van der Waals surface area contributed by atoms with Crippen LogP contribution in [0.2, 0.25) is 0 Å². The molecule has 0 aliphatic carbocycles. The first-order valence-electron chi connectivity index (χ1n) is 7.78. The molecule has 3 N–H and O–H groups in total. The SMILES string of the molecule is CC(C)(C)OC(=O)N1CCCCC1C(=O)Nc1ccc(N)nc1. The zero-order valence-corrected chi connectivity index (χ0v) is 13.8. The molecule has 23 heavy (non-hydrogen) atoms. The summed E-state index contributed by atoms with van der Waals surface area (Å²) >= 11 is 0. The number of nitrogens with two attached hydrogens (primary N) is 1. The number of nitrogens with one attached hydrogen (secondary N) is 1. The Bertz CT molecular complexity index is 566. The minimum atomic E-state index is -0.587. The number of hydrogen-bond acceptors (Lipinski definition) is 5. The van der Waals surface area contributed by atoms with Gasteiger partial charge in [-0.25, -0.2) is 9.78 Å². The molecule has 0 spiro atoms. The molecule has 1 unspecified atom stereocenters. The van der Waals surface area contributed by atoms with E-state index >= 15 is 0 Å². The van der Waals surface area contributed by atoms with Crippen molar-refractivity contribution in [2.24, 2.45) is 0 Å². The van der Waals surface area contributed by atoms with Crippen LogP contribution in [-0.4, -0.2) is 40.1 Å². The van der Waals surface area contributed by atoms with Crippen LogP contribution in [-0.2, 0) is 9.53 Å². The van der Waals surface area contributed by atoms with Gasteiger partial charge in [-0.3, -0.25) is 9.69 Å². The molecule has 2 amide bonds. The summed E-state index contributed by atoms with van der Waals surface area (Å²) in [5.41, 5.74) is 5.50. The Labute approximate surface area is 136 Å². The Morgan fingerprint density at radius 2 is 2.09 bits per heavy atom. The van der Waals surface area contributed by atoms with Crippen LogP contribution in [0, 0.1) is 0 Å². The number of carbonyl (C=O) groups excluding carboxylic acids is 2. The second-order valence-corrected chi connectivity index (χ2v) is 6.65. The number of amides is 2. The van der Waals surface area contributed by atoms with E-state index in [2.05, 4.69) is 10.3 Å². The predicted octanol–water partition coefficient (Wildman–Crippen LogP) is 2.39. The van der Waals surface area contributed by atoms with Crippen molar-refractivity contribution in [2.75, 3.05) is 17.6 Å². The summed E-state index contributed by atoms with van der Waals surface area (Å²) in [5, 5.41) is 2.78. The second kappa shape index (κ2) is 6.85. The first kappa shape index (κ1) is 17.1. The van der Waals surface area contributed by atoms with Crippen LogP contribution in [0.4, 0.5) is 16.3 Å². The van der Waals surface area contributed by atoms with E-state index in [-0.39, 0.29) is 5.91 Å². The summed E-state index contributed by atoms with van der Waals surface area (Å²) in [6.45, 7) is 5.95. The third-order valence-electron chi connectivity index (χ3n) is 3.49. The number of hydrogen-bond donors (Lipinski definition) is 2. The van der Waals surface area contributed by atoms with Gasteiger partial charge in [0.05, 0.1) is 11.9 Å². The molecule has 0 radical (unpaired) electrons. The zero-order chi connectivity index (χ0) is 17.0. The lowest BCUT2D eigenvalue weighted by Gasteiger charge is -2.35. The van der Waals surface area contributed by atoms with Gasteiger partial charge in [0, 0.05) is 6.54 Å². The number of aromatic nitrogens is 1. The van der Waals surface area contributed by atoms with Crippen molar-refractivity contribution in [2.45, 2.75) is 51.7 Å². The first-order valence-corrected chi connectivity index (χ1v) is 7.78. The van der Waals surface area contributed by atoms with E-state index in [1.165, 1.54) is 11.1 Å². The minimum Gasteiger partial charge on any atom is -0.444 e. The van der Waals surface area contributed by atoms with Gasteiger partial charge in [0.15, 0.2) is 0 Å². The van der Waals surface area contributed by atoms with Crippen LogP contribution in [0.1, 0.15) is 40.0 Å². The number of carbonyl (C=O) groups is 2. The Hall–Kier alpha value is -2.31. The fraction of sp³-hybridized carbons (Fsp3) is 0.562. The average molecular weight is 320 g/mol. The van der Waals surface area contributed by atoms with E-state index in [4.69, 9.17) is 10.5 Å². The van der Waals surface area contributed by atoms with Crippen molar-refractivity contribution in [1.29, 1.82) is 0 Å². The van der Waals surface area contributed by atoms with Crippen molar-refractivity contribution < 1.29 is 14.3 Å². The normalized spacial score (nSPS) is 18.4. The Morgan fingerprint density at radius 1 is 1.35 bits per heavy atom. The number of ether oxygens (including phenoxy) is 1. The molecule has 1 aromatic heterocycles. The fourth-order valence-corrected chi connectivity index (χ4v) is 2.45. The standard InChI is InChI=1S/C16H24N4O3/c1-16(2,3)23-15(22)20-9-5-4-6-12(20)14(21)19-11-7-8-13(17)18-10-11/h7-8,10,12H,4-6,9H2,1-3H3,(H2,17,18)(H,19,21). The number of pyridine rings is 1. The lowest BCUT2D eigenvalue weighted by molar-refractivity contribution is -0.122. The van der Waals surface area contributed by atoms with Gasteiger partial charge in [0.1, 0.15) is 17.5 Å². The van der Waals surface area contributed by atoms with E-state index in [0.29, 0.717) is 24.5 Å². The molecule has 1 aliphatic rings. The van der Waals surface area contributed by atoms with Crippen LogP contribution in [0.25, 0.3) is 0 Å². The van der Waals surface area contributed by atoms with Crippen LogP contribution >= 0.6 is 0 Å². The predicted molar refractivity (Wildman–Crippen MR) is 87.9 cm³/mol. The number of anilines is 2. The molecule has 0 aromatic carbocycles. The molecule has 0 bridgehead atoms. The van der Waals surface area contributed by atoms with Crippen molar-refractivity contribution in [3.05, 3.63) is 18.3 Å². The summed E-state index contributed by atoms with van der Waals surface area (Å²) in [5.74, 6) is 0.151. The highest BCUT2D eigenvalue weighted by Gasteiger charge is 2.34. The minimum absolute atomic E-state index is 0.234. The van der Waals surface area contributed by atoms with Gasteiger partial charge in [0.2, 0.25) is 5.91 Å². The van der Waals surface area contributed by atoms with E-state index in [0.717, 1.165) is 12.8 Å². The van der Waals surface area contributed by atoms with Gasteiger partial charge in [-0.2, -0.15) is 0 Å². The molecule has 2 heterocycles. The van der Waals surface area contributed by atoms with Crippen LogP contribution in [0.5, 0.6) is 0 Å². The Balaban J connectivity index is 2.06. The third-order valence-corrected chi connectivity index (χ3v) is 3.49. The van der Waals surface area contributed by atoms with E-state index in [9.17, 15) is 9.59 Å². The van der Waals surface area contributed by atoms with Gasteiger partial charge in [0.25, 0.3) is 0 Å². The molecule has 2 rings (SSSR count). The number of nitrogen functional groups attached to an aromatic ring is 1. The van der Waals surface area contributed by atoms with E-state index in [1.54, 1.807) is 12.1 Å². The van der Waals surface area contributed by atoms with Crippen LogP contribution < -0.4 is 11.1 Å². The monoisotopic (exact) mass is 320 g/mol. The van der Waals surface area contributed by atoms with Crippen molar-refractivity contribution >= 4 is 23.5 Å². The van der Waals surface area contributed by atoms with Gasteiger partial charge < -0.3 is 15.8 Å². The van der Waals surface area contributed by atoms with Crippen LogP contribution in [0.3, 0.4) is 0 Å². The van der Waals surface area contributed by atoms with Crippen molar-refractivity contribution in [3.8, 4) is 0 Å². The Morgan fingerprint density at radius 3 is 2.70 bits per heavy atom. The zero-order valence-electron chi connectivity index (χ0n) is 13.8. The van der Waals surface area contributed by atoms with Gasteiger partial charge >= 0.3 is 6.09 Å². The maximum Gasteiger partial charge on any atom is 0.410 e. The first-order chi connectivity index (χ1) is 10.8. The molecule has 1 saturated heterocycles. The molecule has 0 saturated carbocycles. The molecule has 126 valence electrons. The van der Waals surface area contributed by atoms with Gasteiger partial charge in [-0.1, -0.05) is 0 Å². The molecule has 1 aliphatic heterocycles. The molecule has 1 atom stereocenters. The molecule has 7 heteroatoms. The molecule has 1 aromatic rings. The highest BCUT2D eigenvalue weighted by molar-refractivity contribution is 5.96. The Kier molecular flexibility index (Phi) is 5.08. The number of nitrogens with zero attached hydrogens (tertiary/aromatic N) is 2. The summed E-state index contributed by atoms with van der Waals surface area (Å²) in [6.07, 6.45) is 3.43. The number of rotatable bonds is 2. The quantitative estimate of drug-likeness (QED) is 0.872.